The van der Waals surface area contributed by atoms with Gasteiger partial charge in [-0.15, -0.1) is 0 Å². The lowest BCUT2D eigenvalue weighted by atomic mass is 9.88. The molecule has 0 spiro atoms. The number of amides is 1. The van der Waals surface area contributed by atoms with Gasteiger partial charge in [0.15, 0.2) is 5.78 Å². The lowest BCUT2D eigenvalue weighted by Gasteiger charge is -2.36. The lowest BCUT2D eigenvalue weighted by Crippen LogP contribution is -2.49. The van der Waals surface area contributed by atoms with Crippen LogP contribution in [0.15, 0.2) is 48.5 Å². The number of hydrogen-bond donors (Lipinski definition) is 2. The first-order valence-electron chi connectivity index (χ1n) is 11.1. The Hall–Kier alpha value is -3.18. The molecule has 1 atom stereocenters. The molecule has 2 aromatic rings. The Morgan fingerprint density at radius 2 is 1.97 bits per heavy atom. The van der Waals surface area contributed by atoms with Gasteiger partial charge in [-0.3, -0.25) is 14.5 Å². The number of rotatable bonds is 9. The number of hydrogen-bond acceptors (Lipinski definition) is 6. The zero-order valence-corrected chi connectivity index (χ0v) is 19.8. The first-order valence-corrected chi connectivity index (χ1v) is 11.5. The summed E-state index contributed by atoms with van der Waals surface area (Å²) in [6.07, 6.45) is 4.36. The number of ketones is 1. The molecule has 1 heterocycles. The van der Waals surface area contributed by atoms with E-state index in [4.69, 9.17) is 21.6 Å². The molecule has 0 radical (unpaired) electrons. The van der Waals surface area contributed by atoms with Crippen molar-refractivity contribution >= 4 is 29.4 Å². The summed E-state index contributed by atoms with van der Waals surface area (Å²) in [7, 11) is 1.52. The molecule has 1 aliphatic rings. The van der Waals surface area contributed by atoms with E-state index in [9.17, 15) is 14.7 Å². The van der Waals surface area contributed by atoms with Crippen LogP contribution < -0.4 is 10.1 Å². The van der Waals surface area contributed by atoms with Crippen molar-refractivity contribution in [2.45, 2.75) is 18.9 Å². The third-order valence-electron chi connectivity index (χ3n) is 6.04. The van der Waals surface area contributed by atoms with Crippen LogP contribution in [0.5, 0.6) is 5.75 Å². The van der Waals surface area contributed by atoms with Gasteiger partial charge in [0, 0.05) is 34.7 Å². The molecule has 0 saturated carbocycles. The summed E-state index contributed by atoms with van der Waals surface area (Å²) < 4.78 is 5.27. The van der Waals surface area contributed by atoms with Gasteiger partial charge in [0.25, 0.3) is 0 Å². The molecule has 0 aromatic heterocycles. The van der Waals surface area contributed by atoms with Crippen molar-refractivity contribution in [2.75, 3.05) is 33.4 Å². The number of carbonyl (C=O) groups excluding carboxylic acids is 2. The first-order chi connectivity index (χ1) is 16.4. The molecule has 1 amide bonds. The second-order valence-corrected chi connectivity index (χ2v) is 8.60. The molecule has 1 saturated heterocycles. The molecule has 0 bridgehead atoms. The van der Waals surface area contributed by atoms with Gasteiger partial charge < -0.3 is 15.2 Å². The van der Waals surface area contributed by atoms with Crippen molar-refractivity contribution in [3.8, 4) is 11.8 Å². The number of likely N-dealkylation sites (tertiary alicyclic amines) is 1. The van der Waals surface area contributed by atoms with E-state index in [2.05, 4.69) is 16.3 Å². The Bertz CT molecular complexity index is 1070. The molecule has 2 N–H and O–H groups in total. The number of carbonyl (C=O) groups is 2. The normalized spacial score (nSPS) is 15.6. The molecule has 2 aromatic carbocycles. The molecule has 34 heavy (non-hydrogen) atoms. The predicted molar refractivity (Wildman–Crippen MR) is 131 cm³/mol. The van der Waals surface area contributed by atoms with Crippen LogP contribution in [0.2, 0.25) is 5.02 Å². The molecular weight excluding hydrogens is 454 g/mol. The van der Waals surface area contributed by atoms with Crippen molar-refractivity contribution in [3.63, 3.8) is 0 Å². The highest BCUT2D eigenvalue weighted by Crippen LogP contribution is 2.24. The number of nitrogens with one attached hydrogen (secondary N) is 1. The molecule has 1 fully saturated rings. The average Bonchev–Trinajstić information content (AvgIpc) is 2.88. The fraction of sp³-hybridized carbons (Fsp3) is 0.346. The third-order valence-corrected chi connectivity index (χ3v) is 6.29. The smallest absolute Gasteiger partial charge is 0.244 e. The number of piperidine rings is 1. The number of aliphatic hydroxyl groups is 1. The van der Waals surface area contributed by atoms with E-state index in [0.29, 0.717) is 53.4 Å². The van der Waals surface area contributed by atoms with Crippen LogP contribution in [0.4, 0.5) is 0 Å². The number of benzene rings is 2. The number of nitriles is 1. The van der Waals surface area contributed by atoms with Crippen molar-refractivity contribution in [3.05, 3.63) is 70.3 Å². The molecule has 1 aliphatic heterocycles. The number of aliphatic hydroxyl groups excluding tert-OH is 1. The van der Waals surface area contributed by atoms with Crippen LogP contribution in [-0.2, 0) is 4.79 Å². The van der Waals surface area contributed by atoms with Crippen molar-refractivity contribution in [1.29, 1.82) is 5.26 Å². The summed E-state index contributed by atoms with van der Waals surface area (Å²) in [6.45, 7) is 1.51. The second-order valence-electron chi connectivity index (χ2n) is 8.16. The second kappa shape index (κ2) is 12.3. The van der Waals surface area contributed by atoms with Gasteiger partial charge in [-0.2, -0.15) is 5.26 Å². The number of methoxy groups -OCH3 is 1. The summed E-state index contributed by atoms with van der Waals surface area (Å²) >= 11 is 5.91. The molecule has 178 valence electrons. The zero-order chi connectivity index (χ0) is 24.5. The summed E-state index contributed by atoms with van der Waals surface area (Å²) in [4.78, 5) is 27.2. The molecule has 0 aliphatic carbocycles. The van der Waals surface area contributed by atoms with Crippen LogP contribution in [-0.4, -0.2) is 61.1 Å². The topological polar surface area (TPSA) is 103 Å². The standard InChI is InChI=1S/C26H28ClN3O4/c1-34-24-8-2-18(15-28)14-21(24)5-9-25(32)29-16-23(17-31)30-12-10-20(11-13-30)26(33)19-3-6-22(27)7-4-19/h2-9,14,20,23,31H,10-13,16-17H2,1H3,(H,29,32)/b9-5+/t23-/m0/s1. The van der Waals surface area contributed by atoms with Gasteiger partial charge in [-0.05, 0) is 74.5 Å². The largest absolute Gasteiger partial charge is 0.496 e. The SMILES string of the molecule is COc1ccc(C#N)cc1/C=C/C(=O)NC[C@@H](CO)N1CCC(C(=O)c2ccc(Cl)cc2)CC1. The van der Waals surface area contributed by atoms with E-state index < -0.39 is 0 Å². The number of nitrogens with zero attached hydrogens (tertiary/aromatic N) is 2. The maximum Gasteiger partial charge on any atom is 0.244 e. The Morgan fingerprint density at radius 1 is 1.26 bits per heavy atom. The lowest BCUT2D eigenvalue weighted by molar-refractivity contribution is -0.116. The van der Waals surface area contributed by atoms with E-state index in [1.54, 1.807) is 48.5 Å². The van der Waals surface area contributed by atoms with Crippen LogP contribution in [0.3, 0.4) is 0 Å². The van der Waals surface area contributed by atoms with Crippen molar-refractivity contribution in [2.24, 2.45) is 5.92 Å². The summed E-state index contributed by atoms with van der Waals surface area (Å²) in [5.74, 6) is 0.308. The van der Waals surface area contributed by atoms with Gasteiger partial charge in [0.05, 0.1) is 31.4 Å². The fourth-order valence-corrected chi connectivity index (χ4v) is 4.19. The number of Topliss-reactive ketones (excluding diaryl/α,β-unsaturated/α-hetero) is 1. The molecule has 8 heteroatoms. The fourth-order valence-electron chi connectivity index (χ4n) is 4.06. The Morgan fingerprint density at radius 3 is 2.59 bits per heavy atom. The van der Waals surface area contributed by atoms with Crippen LogP contribution >= 0.6 is 11.6 Å². The Labute approximate surface area is 204 Å². The van der Waals surface area contributed by atoms with Gasteiger partial charge >= 0.3 is 0 Å². The minimum absolute atomic E-state index is 0.0616. The minimum Gasteiger partial charge on any atom is -0.496 e. The minimum atomic E-state index is -0.310. The summed E-state index contributed by atoms with van der Waals surface area (Å²) in [5.41, 5.74) is 1.76. The Kier molecular flexibility index (Phi) is 9.23. The highest BCUT2D eigenvalue weighted by molar-refractivity contribution is 6.30. The highest BCUT2D eigenvalue weighted by atomic mass is 35.5. The molecular formula is C26H28ClN3O4. The average molecular weight is 482 g/mol. The Balaban J connectivity index is 1.51. The maximum absolute atomic E-state index is 12.7. The van der Waals surface area contributed by atoms with Crippen LogP contribution in [0, 0.1) is 17.2 Å². The van der Waals surface area contributed by atoms with E-state index in [-0.39, 0.29) is 36.8 Å². The van der Waals surface area contributed by atoms with Gasteiger partial charge in [0.1, 0.15) is 5.75 Å². The van der Waals surface area contributed by atoms with Crippen molar-refractivity contribution in [1.82, 2.24) is 10.2 Å². The number of ether oxygens (including phenoxy) is 1. The third kappa shape index (κ3) is 6.67. The van der Waals surface area contributed by atoms with E-state index in [1.807, 2.05) is 0 Å². The highest BCUT2D eigenvalue weighted by Gasteiger charge is 2.29. The first kappa shape index (κ1) is 25.4. The maximum atomic E-state index is 12.7. The van der Waals surface area contributed by atoms with Crippen LogP contribution in [0.25, 0.3) is 6.08 Å². The molecule has 3 rings (SSSR count). The van der Waals surface area contributed by atoms with Crippen LogP contribution in [0.1, 0.15) is 34.3 Å². The molecule has 0 unspecified atom stereocenters. The van der Waals surface area contributed by atoms with E-state index in [0.717, 1.165) is 0 Å². The quantitative estimate of drug-likeness (QED) is 0.421. The van der Waals surface area contributed by atoms with Gasteiger partial charge in [-0.1, -0.05) is 11.6 Å². The van der Waals surface area contributed by atoms with Crippen molar-refractivity contribution < 1.29 is 19.4 Å². The van der Waals surface area contributed by atoms with Gasteiger partial charge in [0.2, 0.25) is 5.91 Å². The van der Waals surface area contributed by atoms with Gasteiger partial charge in [-0.25, -0.2) is 0 Å². The summed E-state index contributed by atoms with van der Waals surface area (Å²) in [6, 6.07) is 13.7. The zero-order valence-electron chi connectivity index (χ0n) is 19.0. The van der Waals surface area contributed by atoms with E-state index in [1.165, 1.54) is 13.2 Å². The monoisotopic (exact) mass is 481 g/mol. The predicted octanol–water partition coefficient (Wildman–Crippen LogP) is 3.31. The van der Waals surface area contributed by atoms with E-state index >= 15 is 0 Å². The number of halogens is 1. The molecule has 7 nitrogen and oxygen atoms in total. The summed E-state index contributed by atoms with van der Waals surface area (Å²) in [5, 5.41) is 22.4.